The molecule has 0 aliphatic carbocycles. The second-order valence-corrected chi connectivity index (χ2v) is 4.51. The van der Waals surface area contributed by atoms with Gasteiger partial charge in [0.25, 0.3) is 0 Å². The maximum absolute atomic E-state index is 8.74. The monoisotopic (exact) mass is 237 g/mol. The van der Waals surface area contributed by atoms with E-state index in [0.717, 1.165) is 12.1 Å². The van der Waals surface area contributed by atoms with Crippen LogP contribution in [0.4, 0.5) is 0 Å². The molecule has 3 heteroatoms. The van der Waals surface area contributed by atoms with Gasteiger partial charge >= 0.3 is 0 Å². The minimum Gasteiger partial charge on any atom is -0.299 e. The Hall–Kier alpha value is -2.10. The average molecular weight is 237 g/mol. The summed E-state index contributed by atoms with van der Waals surface area (Å²) in [6.45, 7) is 3.29. The predicted molar refractivity (Wildman–Crippen MR) is 70.2 cm³/mol. The minimum absolute atomic E-state index is 0.147. The van der Waals surface area contributed by atoms with Crippen molar-refractivity contribution in [1.82, 2.24) is 4.90 Å². The summed E-state index contributed by atoms with van der Waals surface area (Å²) in [6.07, 6.45) is 4.20. The van der Waals surface area contributed by atoms with Gasteiger partial charge in [0.15, 0.2) is 0 Å². The van der Waals surface area contributed by atoms with Crippen molar-refractivity contribution in [2.75, 3.05) is 13.1 Å². The van der Waals surface area contributed by atoms with Crippen molar-refractivity contribution in [2.24, 2.45) is 0 Å². The average Bonchev–Trinajstić information content (AvgIpc) is 2.89. The number of nitrogens with zero attached hydrogens (tertiary/aromatic N) is 3. The first-order valence-corrected chi connectivity index (χ1v) is 6.15. The Morgan fingerprint density at radius 2 is 1.94 bits per heavy atom. The van der Waals surface area contributed by atoms with E-state index in [2.05, 4.69) is 11.0 Å². The van der Waals surface area contributed by atoms with Crippen molar-refractivity contribution >= 4 is 6.08 Å². The largest absolute Gasteiger partial charge is 0.299 e. The van der Waals surface area contributed by atoms with Crippen LogP contribution in [0.5, 0.6) is 0 Å². The van der Waals surface area contributed by atoms with Gasteiger partial charge in [0.2, 0.25) is 0 Å². The highest BCUT2D eigenvalue weighted by molar-refractivity contribution is 5.62. The van der Waals surface area contributed by atoms with Gasteiger partial charge in [-0.25, -0.2) is 0 Å². The summed E-state index contributed by atoms with van der Waals surface area (Å²) in [7, 11) is 0. The van der Waals surface area contributed by atoms with Crippen molar-refractivity contribution in [3.05, 3.63) is 41.0 Å². The predicted octanol–water partition coefficient (Wildman–Crippen LogP) is 2.71. The molecule has 0 spiro atoms. The Labute approximate surface area is 108 Å². The topological polar surface area (TPSA) is 50.8 Å². The third-order valence-electron chi connectivity index (χ3n) is 3.11. The maximum atomic E-state index is 8.74. The van der Waals surface area contributed by atoms with Crippen LogP contribution >= 0.6 is 0 Å². The fourth-order valence-electron chi connectivity index (χ4n) is 2.24. The van der Waals surface area contributed by atoms with Crippen molar-refractivity contribution in [2.45, 2.75) is 19.4 Å². The molecule has 1 aliphatic heterocycles. The summed E-state index contributed by atoms with van der Waals surface area (Å²) >= 11 is 0. The Morgan fingerprint density at radius 3 is 2.61 bits per heavy atom. The Kier molecular flexibility index (Phi) is 4.12. The molecule has 0 bridgehead atoms. The fourth-order valence-corrected chi connectivity index (χ4v) is 2.24. The third kappa shape index (κ3) is 3.20. The molecule has 0 saturated carbocycles. The molecular formula is C15H15N3. The van der Waals surface area contributed by atoms with Gasteiger partial charge in [0, 0.05) is 6.54 Å². The van der Waals surface area contributed by atoms with Gasteiger partial charge in [-0.15, -0.1) is 0 Å². The second-order valence-electron chi connectivity index (χ2n) is 4.51. The molecule has 1 aliphatic rings. The summed E-state index contributed by atoms with van der Waals surface area (Å²) in [6, 6.07) is 11.8. The summed E-state index contributed by atoms with van der Waals surface area (Å²) in [5.74, 6) is 0. The van der Waals surface area contributed by atoms with E-state index in [-0.39, 0.29) is 5.57 Å². The third-order valence-corrected chi connectivity index (χ3v) is 3.11. The molecular weight excluding hydrogens is 222 g/mol. The number of rotatable bonds is 3. The molecule has 1 aromatic carbocycles. The lowest BCUT2D eigenvalue weighted by atomic mass is 10.1. The normalized spacial score (nSPS) is 14.8. The van der Waals surface area contributed by atoms with Gasteiger partial charge in [-0.05, 0) is 43.1 Å². The number of allylic oxidation sites excluding steroid dienone is 1. The molecule has 1 fully saturated rings. The SMILES string of the molecule is N#CC(C#N)=Cc1cccc(CN2CCCC2)c1. The smallest absolute Gasteiger partial charge is 0.130 e. The number of nitriles is 2. The van der Waals surface area contributed by atoms with Crippen LogP contribution in [0.2, 0.25) is 0 Å². The summed E-state index contributed by atoms with van der Waals surface area (Å²) in [4.78, 5) is 2.43. The zero-order valence-electron chi connectivity index (χ0n) is 10.3. The first-order chi connectivity index (χ1) is 8.81. The molecule has 0 aromatic heterocycles. The van der Waals surface area contributed by atoms with Gasteiger partial charge in [0.1, 0.15) is 17.7 Å². The number of hydrogen-bond donors (Lipinski definition) is 0. The van der Waals surface area contributed by atoms with Gasteiger partial charge < -0.3 is 0 Å². The minimum atomic E-state index is 0.147. The van der Waals surface area contributed by atoms with E-state index in [0.29, 0.717) is 0 Å². The van der Waals surface area contributed by atoms with Crippen molar-refractivity contribution in [3.8, 4) is 12.1 Å². The molecule has 1 saturated heterocycles. The lowest BCUT2D eigenvalue weighted by molar-refractivity contribution is 0.331. The Bertz CT molecular complexity index is 509. The molecule has 0 unspecified atom stereocenters. The molecule has 18 heavy (non-hydrogen) atoms. The molecule has 0 radical (unpaired) electrons. The zero-order chi connectivity index (χ0) is 12.8. The summed E-state index contributed by atoms with van der Waals surface area (Å²) in [5, 5.41) is 17.5. The van der Waals surface area contributed by atoms with Crippen LogP contribution in [0.3, 0.4) is 0 Å². The summed E-state index contributed by atoms with van der Waals surface area (Å²) in [5.41, 5.74) is 2.30. The lowest BCUT2D eigenvalue weighted by Crippen LogP contribution is -2.18. The van der Waals surface area contributed by atoms with E-state index in [1.165, 1.54) is 31.5 Å². The van der Waals surface area contributed by atoms with Crippen LogP contribution in [0.1, 0.15) is 24.0 Å². The van der Waals surface area contributed by atoms with Crippen LogP contribution in [-0.4, -0.2) is 18.0 Å². The second kappa shape index (κ2) is 6.00. The lowest BCUT2D eigenvalue weighted by Gasteiger charge is -2.14. The van der Waals surface area contributed by atoms with E-state index in [1.807, 2.05) is 30.3 Å². The van der Waals surface area contributed by atoms with Crippen LogP contribution < -0.4 is 0 Å². The molecule has 2 rings (SSSR count). The summed E-state index contributed by atoms with van der Waals surface area (Å²) < 4.78 is 0. The number of benzene rings is 1. The van der Waals surface area contributed by atoms with Crippen molar-refractivity contribution in [1.29, 1.82) is 10.5 Å². The van der Waals surface area contributed by atoms with Crippen molar-refractivity contribution in [3.63, 3.8) is 0 Å². The van der Waals surface area contributed by atoms with E-state index < -0.39 is 0 Å². The van der Waals surface area contributed by atoms with Crippen LogP contribution in [0.25, 0.3) is 6.08 Å². The Balaban J connectivity index is 2.12. The molecule has 0 atom stereocenters. The highest BCUT2D eigenvalue weighted by Gasteiger charge is 2.11. The van der Waals surface area contributed by atoms with Gasteiger partial charge in [-0.3, -0.25) is 4.90 Å². The van der Waals surface area contributed by atoms with Gasteiger partial charge in [0.05, 0.1) is 0 Å². The van der Waals surface area contributed by atoms with E-state index in [1.54, 1.807) is 6.08 Å². The van der Waals surface area contributed by atoms with Crippen molar-refractivity contribution < 1.29 is 0 Å². The molecule has 1 heterocycles. The first kappa shape index (κ1) is 12.4. The van der Waals surface area contributed by atoms with Crippen LogP contribution in [0, 0.1) is 22.7 Å². The number of likely N-dealkylation sites (tertiary alicyclic amines) is 1. The standard InChI is InChI=1S/C15H15N3/c16-10-15(11-17)9-13-4-3-5-14(8-13)12-18-6-1-2-7-18/h3-5,8-9H,1-2,6-7,12H2. The maximum Gasteiger partial charge on any atom is 0.130 e. The van der Waals surface area contributed by atoms with E-state index >= 15 is 0 Å². The van der Waals surface area contributed by atoms with E-state index in [9.17, 15) is 0 Å². The zero-order valence-corrected chi connectivity index (χ0v) is 10.3. The van der Waals surface area contributed by atoms with Gasteiger partial charge in [-0.1, -0.05) is 24.3 Å². The first-order valence-electron chi connectivity index (χ1n) is 6.15. The molecule has 90 valence electrons. The van der Waals surface area contributed by atoms with Gasteiger partial charge in [-0.2, -0.15) is 10.5 Å². The molecule has 1 aromatic rings. The highest BCUT2D eigenvalue weighted by Crippen LogP contribution is 2.15. The molecule has 0 N–H and O–H groups in total. The van der Waals surface area contributed by atoms with Crippen LogP contribution in [-0.2, 0) is 6.54 Å². The quantitative estimate of drug-likeness (QED) is 0.759. The molecule has 3 nitrogen and oxygen atoms in total. The number of hydrogen-bond acceptors (Lipinski definition) is 3. The Morgan fingerprint density at radius 1 is 1.22 bits per heavy atom. The highest BCUT2D eigenvalue weighted by atomic mass is 15.1. The van der Waals surface area contributed by atoms with Crippen LogP contribution in [0.15, 0.2) is 29.8 Å². The van der Waals surface area contributed by atoms with E-state index in [4.69, 9.17) is 10.5 Å². The molecule has 0 amide bonds. The fraction of sp³-hybridized carbons (Fsp3) is 0.333.